The summed E-state index contributed by atoms with van der Waals surface area (Å²) in [5, 5.41) is 0. The molecule has 2 aliphatic rings. The Labute approximate surface area is 221 Å². The number of hydrogen-bond donors (Lipinski definition) is 0. The number of carbonyl (C=O) groups excluding carboxylic acids is 1. The van der Waals surface area contributed by atoms with Crippen LogP contribution in [0.25, 0.3) is 0 Å². The lowest BCUT2D eigenvalue weighted by Crippen LogP contribution is -2.53. The normalized spacial score (nSPS) is 18.5. The summed E-state index contributed by atoms with van der Waals surface area (Å²) in [5.41, 5.74) is -4.26. The summed E-state index contributed by atoms with van der Waals surface area (Å²) in [6.45, 7) is 5.24. The predicted molar refractivity (Wildman–Crippen MR) is 128 cm³/mol. The first-order valence-electron chi connectivity index (χ1n) is 11.2. The molecule has 1 amide bonds. The average Bonchev–Trinajstić information content (AvgIpc) is 3.62. The van der Waals surface area contributed by atoms with Crippen LogP contribution >= 0.6 is 31.9 Å². The molecule has 11 heteroatoms. The lowest BCUT2D eigenvalue weighted by molar-refractivity contribution is -0.138. The Morgan fingerprint density at radius 2 is 1.22 bits per heavy atom. The summed E-state index contributed by atoms with van der Waals surface area (Å²) in [4.78, 5) is 15.1. The Kier molecular flexibility index (Phi) is 6.55. The first-order valence-corrected chi connectivity index (χ1v) is 12.8. The van der Waals surface area contributed by atoms with Crippen molar-refractivity contribution >= 4 is 38.0 Å². The molecule has 0 unspecified atom stereocenters. The Bertz CT molecular complexity index is 1190. The summed E-state index contributed by atoms with van der Waals surface area (Å²) in [5.74, 6) is 0. The highest BCUT2D eigenvalue weighted by molar-refractivity contribution is 9.10. The molecule has 2 aliphatic carbocycles. The van der Waals surface area contributed by atoms with Crippen molar-refractivity contribution in [2.45, 2.75) is 75.5 Å². The van der Waals surface area contributed by atoms with Gasteiger partial charge in [-0.2, -0.15) is 26.3 Å². The van der Waals surface area contributed by atoms with Crippen LogP contribution in [0.4, 0.5) is 31.1 Å². The fraction of sp³-hybridized carbons (Fsp3) is 0.480. The smallest absolute Gasteiger partial charge is 0.416 e. The van der Waals surface area contributed by atoms with E-state index in [1.54, 1.807) is 26.8 Å². The van der Waals surface area contributed by atoms with Crippen molar-refractivity contribution < 1.29 is 35.9 Å². The minimum Gasteiger partial charge on any atom is -0.438 e. The maximum atomic E-state index is 13.6. The molecule has 196 valence electrons. The van der Waals surface area contributed by atoms with Crippen molar-refractivity contribution in [1.29, 1.82) is 0 Å². The van der Waals surface area contributed by atoms with Crippen LogP contribution in [0.3, 0.4) is 0 Å². The van der Waals surface area contributed by atoms with Crippen LogP contribution in [0, 0.1) is 0 Å². The molecule has 0 saturated heterocycles. The zero-order valence-electron chi connectivity index (χ0n) is 19.6. The summed E-state index contributed by atoms with van der Waals surface area (Å²) in [6.07, 6.45) is -8.40. The quantitative estimate of drug-likeness (QED) is 0.311. The van der Waals surface area contributed by atoms with Gasteiger partial charge in [-0.05, 0) is 94.0 Å². The SMILES string of the molecule is CC(C)(C)N(C(=O)OC1(c2cc(Br)cc(C(F)(F)F)c2)CC1)C1(c2cc(Br)cc(C(F)(F)F)c2)CC1. The van der Waals surface area contributed by atoms with Gasteiger partial charge >= 0.3 is 18.4 Å². The first-order chi connectivity index (χ1) is 16.4. The van der Waals surface area contributed by atoms with Gasteiger partial charge in [0.05, 0.1) is 16.7 Å². The van der Waals surface area contributed by atoms with Crippen LogP contribution in [-0.2, 0) is 28.2 Å². The number of amides is 1. The van der Waals surface area contributed by atoms with Crippen molar-refractivity contribution in [2.24, 2.45) is 0 Å². The van der Waals surface area contributed by atoms with Crippen molar-refractivity contribution in [3.63, 3.8) is 0 Å². The molecule has 0 heterocycles. The van der Waals surface area contributed by atoms with E-state index in [0.717, 1.165) is 24.3 Å². The Hall–Kier alpha value is -1.75. The Balaban J connectivity index is 1.70. The number of ether oxygens (including phenoxy) is 1. The van der Waals surface area contributed by atoms with Crippen LogP contribution in [-0.4, -0.2) is 16.5 Å². The largest absolute Gasteiger partial charge is 0.438 e. The molecule has 0 bridgehead atoms. The van der Waals surface area contributed by atoms with Crippen LogP contribution in [0.15, 0.2) is 45.3 Å². The second-order valence-electron chi connectivity index (χ2n) is 10.4. The van der Waals surface area contributed by atoms with Crippen LogP contribution in [0.2, 0.25) is 0 Å². The van der Waals surface area contributed by atoms with Gasteiger partial charge in [0.15, 0.2) is 0 Å². The molecule has 4 rings (SSSR count). The second kappa shape index (κ2) is 8.64. The second-order valence-corrected chi connectivity index (χ2v) is 12.2. The predicted octanol–water partition coefficient (Wildman–Crippen LogP) is 9.16. The van der Waals surface area contributed by atoms with Crippen LogP contribution in [0.1, 0.15) is 68.7 Å². The Morgan fingerprint density at radius 1 is 0.778 bits per heavy atom. The third kappa shape index (κ3) is 5.28. The zero-order valence-corrected chi connectivity index (χ0v) is 22.8. The molecule has 2 aromatic rings. The standard InChI is InChI=1S/C25H23Br2F6NO2/c1-21(2,3)34(22(4-5-22)14-8-16(24(28,29)30)12-18(26)10-14)20(35)36-23(6-7-23)15-9-17(25(31,32)33)13-19(27)11-15/h8-13H,4-7H2,1-3H3. The molecule has 3 nitrogen and oxygen atoms in total. The highest BCUT2D eigenvalue weighted by atomic mass is 79.9. The molecule has 0 N–H and O–H groups in total. The summed E-state index contributed by atoms with van der Waals surface area (Å²) in [6, 6.07) is 7.00. The van der Waals surface area contributed by atoms with Crippen LogP contribution < -0.4 is 0 Å². The van der Waals surface area contributed by atoms with E-state index in [1.807, 2.05) is 0 Å². The van der Waals surface area contributed by atoms with E-state index in [4.69, 9.17) is 4.74 Å². The van der Waals surface area contributed by atoms with Crippen molar-refractivity contribution in [3.05, 3.63) is 67.6 Å². The number of nitrogens with zero attached hydrogens (tertiary/aromatic N) is 1. The topological polar surface area (TPSA) is 29.5 Å². The number of alkyl halides is 6. The monoisotopic (exact) mass is 641 g/mol. The number of benzene rings is 2. The fourth-order valence-corrected chi connectivity index (χ4v) is 5.65. The molecule has 2 saturated carbocycles. The van der Waals surface area contributed by atoms with Gasteiger partial charge in [-0.3, -0.25) is 4.90 Å². The molecule has 0 radical (unpaired) electrons. The van der Waals surface area contributed by atoms with Crippen LogP contribution in [0.5, 0.6) is 0 Å². The lowest BCUT2D eigenvalue weighted by Gasteiger charge is -2.42. The van der Waals surface area contributed by atoms with E-state index >= 15 is 0 Å². The number of hydrogen-bond acceptors (Lipinski definition) is 2. The highest BCUT2D eigenvalue weighted by Gasteiger charge is 2.59. The highest BCUT2D eigenvalue weighted by Crippen LogP contribution is 2.57. The molecule has 0 aliphatic heterocycles. The number of halogens is 8. The van der Waals surface area contributed by atoms with Gasteiger partial charge in [-0.15, -0.1) is 0 Å². The molecular weight excluding hydrogens is 620 g/mol. The molecule has 2 aromatic carbocycles. The van der Waals surface area contributed by atoms with Gasteiger partial charge in [0.1, 0.15) is 5.60 Å². The Morgan fingerprint density at radius 3 is 1.61 bits per heavy atom. The fourth-order valence-electron chi connectivity index (χ4n) is 4.66. The van der Waals surface area contributed by atoms with Crippen molar-refractivity contribution in [1.82, 2.24) is 4.90 Å². The van der Waals surface area contributed by atoms with Gasteiger partial charge in [0.25, 0.3) is 0 Å². The van der Waals surface area contributed by atoms with Gasteiger partial charge in [0, 0.05) is 14.5 Å². The molecule has 2 fully saturated rings. The van der Waals surface area contributed by atoms with Crippen molar-refractivity contribution in [3.8, 4) is 0 Å². The first kappa shape index (κ1) is 27.3. The molecule has 36 heavy (non-hydrogen) atoms. The van der Waals surface area contributed by atoms with E-state index in [9.17, 15) is 31.1 Å². The summed E-state index contributed by atoms with van der Waals surface area (Å²) >= 11 is 6.26. The molecule has 0 atom stereocenters. The van der Waals surface area contributed by atoms with E-state index in [0.29, 0.717) is 31.2 Å². The maximum absolute atomic E-state index is 13.6. The summed E-state index contributed by atoms with van der Waals surface area (Å²) in [7, 11) is 0. The van der Waals surface area contributed by atoms with Gasteiger partial charge < -0.3 is 4.74 Å². The van der Waals surface area contributed by atoms with Gasteiger partial charge in [0.2, 0.25) is 0 Å². The number of rotatable bonds is 4. The third-order valence-corrected chi connectivity index (χ3v) is 7.42. The zero-order chi connectivity index (χ0) is 26.9. The molecular formula is C25H23Br2F6NO2. The van der Waals surface area contributed by atoms with E-state index in [2.05, 4.69) is 31.9 Å². The third-order valence-electron chi connectivity index (χ3n) is 6.51. The van der Waals surface area contributed by atoms with E-state index < -0.39 is 46.3 Å². The summed E-state index contributed by atoms with van der Waals surface area (Å²) < 4.78 is 87.0. The minimum atomic E-state index is -4.58. The lowest BCUT2D eigenvalue weighted by atomic mass is 9.95. The minimum absolute atomic E-state index is 0.204. The maximum Gasteiger partial charge on any atom is 0.416 e. The number of carbonyl (C=O) groups is 1. The average molecular weight is 643 g/mol. The molecule has 0 aromatic heterocycles. The van der Waals surface area contributed by atoms with E-state index in [-0.39, 0.29) is 14.5 Å². The van der Waals surface area contributed by atoms with Gasteiger partial charge in [-0.25, -0.2) is 4.79 Å². The van der Waals surface area contributed by atoms with Crippen molar-refractivity contribution in [2.75, 3.05) is 0 Å². The van der Waals surface area contributed by atoms with Gasteiger partial charge in [-0.1, -0.05) is 31.9 Å². The van der Waals surface area contributed by atoms with E-state index in [1.165, 1.54) is 11.0 Å². The molecule has 0 spiro atoms.